The van der Waals surface area contributed by atoms with Crippen molar-refractivity contribution in [3.05, 3.63) is 59.0 Å². The molecule has 164 valence electrons. The van der Waals surface area contributed by atoms with Crippen LogP contribution in [0, 0.1) is 13.8 Å². The van der Waals surface area contributed by atoms with Crippen molar-refractivity contribution < 1.29 is 19.1 Å². The second-order valence-corrected chi connectivity index (χ2v) is 7.78. The molecule has 0 unspecified atom stereocenters. The van der Waals surface area contributed by atoms with Gasteiger partial charge in [0, 0.05) is 53.9 Å². The zero-order chi connectivity index (χ0) is 22.5. The second-order valence-electron chi connectivity index (χ2n) is 7.78. The number of ketones is 1. The van der Waals surface area contributed by atoms with Crippen molar-refractivity contribution in [2.24, 2.45) is 0 Å². The van der Waals surface area contributed by atoms with Crippen LogP contribution in [0.2, 0.25) is 0 Å². The number of fused-ring (bicyclic) bond motifs is 1. The first-order valence-corrected chi connectivity index (χ1v) is 10.5. The maximum Gasteiger partial charge on any atom is 0.329 e. The van der Waals surface area contributed by atoms with Crippen LogP contribution in [0.15, 0.2) is 36.5 Å². The highest BCUT2D eigenvalue weighted by atomic mass is 16.5. The summed E-state index contributed by atoms with van der Waals surface area (Å²) in [7, 11) is 0. The topological polar surface area (TPSA) is 93.2 Å². The lowest BCUT2D eigenvalue weighted by Crippen LogP contribution is -2.42. The van der Waals surface area contributed by atoms with Crippen molar-refractivity contribution in [1.29, 1.82) is 0 Å². The first-order chi connectivity index (χ1) is 14.8. The summed E-state index contributed by atoms with van der Waals surface area (Å²) in [5, 5.41) is 3.62. The minimum absolute atomic E-state index is 0.252. The Balaban J connectivity index is 1.70. The molecule has 2 N–H and O–H groups in total. The number of aromatic nitrogens is 2. The van der Waals surface area contributed by atoms with Gasteiger partial charge in [-0.15, -0.1) is 0 Å². The van der Waals surface area contributed by atoms with Crippen LogP contribution >= 0.6 is 0 Å². The van der Waals surface area contributed by atoms with E-state index in [1.54, 1.807) is 0 Å². The van der Waals surface area contributed by atoms with Gasteiger partial charge in [-0.05, 0) is 38.0 Å². The largest absolute Gasteiger partial charge is 0.456 e. The summed E-state index contributed by atoms with van der Waals surface area (Å²) >= 11 is 0. The highest BCUT2D eigenvalue weighted by Gasteiger charge is 2.25. The van der Waals surface area contributed by atoms with Gasteiger partial charge in [0.25, 0.3) is 0 Å². The van der Waals surface area contributed by atoms with Crippen LogP contribution in [-0.4, -0.2) is 39.9 Å². The predicted octanol–water partition coefficient (Wildman–Crippen LogP) is 3.47. The quantitative estimate of drug-likeness (QED) is 0.407. The van der Waals surface area contributed by atoms with E-state index in [0.29, 0.717) is 5.56 Å². The third kappa shape index (κ3) is 5.05. The Morgan fingerprint density at radius 1 is 1.19 bits per heavy atom. The third-order valence-electron chi connectivity index (χ3n) is 5.43. The molecule has 1 aromatic carbocycles. The van der Waals surface area contributed by atoms with Gasteiger partial charge in [0.1, 0.15) is 6.04 Å². The van der Waals surface area contributed by atoms with E-state index in [4.69, 9.17) is 4.74 Å². The summed E-state index contributed by atoms with van der Waals surface area (Å²) in [6.45, 7) is 7.76. The van der Waals surface area contributed by atoms with Crippen molar-refractivity contribution in [3.63, 3.8) is 0 Å². The van der Waals surface area contributed by atoms with Gasteiger partial charge in [-0.1, -0.05) is 25.1 Å². The van der Waals surface area contributed by atoms with Gasteiger partial charge < -0.3 is 19.6 Å². The van der Waals surface area contributed by atoms with Gasteiger partial charge in [0.15, 0.2) is 6.61 Å². The van der Waals surface area contributed by atoms with E-state index in [0.717, 1.165) is 40.8 Å². The van der Waals surface area contributed by atoms with Gasteiger partial charge >= 0.3 is 5.97 Å². The number of benzene rings is 1. The van der Waals surface area contributed by atoms with E-state index >= 15 is 0 Å². The zero-order valence-electron chi connectivity index (χ0n) is 18.5. The highest BCUT2D eigenvalue weighted by Crippen LogP contribution is 2.20. The number of hydrogen-bond acceptors (Lipinski definition) is 4. The van der Waals surface area contributed by atoms with E-state index in [-0.39, 0.29) is 24.7 Å². The number of H-pyrrole nitrogens is 1. The van der Waals surface area contributed by atoms with Crippen LogP contribution in [-0.2, 0) is 27.3 Å². The molecule has 0 aliphatic rings. The van der Waals surface area contributed by atoms with Crippen molar-refractivity contribution >= 4 is 28.6 Å². The number of aromatic amines is 1. The molecular weight excluding hydrogens is 394 g/mol. The lowest BCUT2D eigenvalue weighted by molar-refractivity contribution is -0.146. The van der Waals surface area contributed by atoms with Gasteiger partial charge in [-0.25, -0.2) is 4.79 Å². The third-order valence-corrected chi connectivity index (χ3v) is 5.43. The molecule has 0 bridgehead atoms. The Bertz CT molecular complexity index is 1110. The number of nitrogens with one attached hydrogen (secondary N) is 2. The number of carbonyl (C=O) groups is 3. The minimum Gasteiger partial charge on any atom is -0.456 e. The van der Waals surface area contributed by atoms with E-state index < -0.39 is 12.0 Å². The van der Waals surface area contributed by atoms with Gasteiger partial charge in [0.05, 0.1) is 0 Å². The summed E-state index contributed by atoms with van der Waals surface area (Å²) in [4.78, 5) is 40.2. The molecular formula is C24H29N3O4. The molecule has 31 heavy (non-hydrogen) atoms. The summed E-state index contributed by atoms with van der Waals surface area (Å²) in [6, 6.07) is 8.69. The molecule has 0 radical (unpaired) electrons. The second kappa shape index (κ2) is 9.64. The number of amides is 1. The van der Waals surface area contributed by atoms with Crippen LogP contribution in [0.3, 0.4) is 0 Å². The Kier molecular flexibility index (Phi) is 6.95. The molecule has 1 atom stereocenters. The number of Topliss-reactive ketones (excluding diaryl/α,β-unsaturated/α-hetero) is 1. The van der Waals surface area contributed by atoms with Crippen LogP contribution in [0.1, 0.15) is 47.6 Å². The Morgan fingerprint density at radius 3 is 2.65 bits per heavy atom. The summed E-state index contributed by atoms with van der Waals surface area (Å²) in [5.41, 5.74) is 4.28. The summed E-state index contributed by atoms with van der Waals surface area (Å²) in [6.07, 6.45) is 3.05. The SMILES string of the molecule is CCCn1c(C)cc(C(=O)COC(=O)[C@H](Cc2c[nH]c3ccccc23)NC(C)=O)c1C. The average molecular weight is 424 g/mol. The number of ether oxygens (including phenoxy) is 1. The standard InChI is InChI=1S/C24H29N3O4/c1-5-10-27-15(2)11-20(16(27)3)23(29)14-31-24(30)22(26-17(4)28)12-18-13-25-21-9-7-6-8-19(18)21/h6-9,11,13,22,25H,5,10,12,14H2,1-4H3,(H,26,28)/t22-/m0/s1. The first-order valence-electron chi connectivity index (χ1n) is 10.5. The molecule has 0 spiro atoms. The van der Waals surface area contributed by atoms with Crippen molar-refractivity contribution in [2.75, 3.05) is 6.61 Å². The summed E-state index contributed by atoms with van der Waals surface area (Å²) < 4.78 is 7.41. The lowest BCUT2D eigenvalue weighted by Gasteiger charge is -2.16. The molecule has 2 heterocycles. The van der Waals surface area contributed by atoms with E-state index in [9.17, 15) is 14.4 Å². The van der Waals surface area contributed by atoms with Crippen LogP contribution in [0.25, 0.3) is 10.9 Å². The lowest BCUT2D eigenvalue weighted by atomic mass is 10.0. The van der Waals surface area contributed by atoms with Gasteiger partial charge in [-0.2, -0.15) is 0 Å². The number of carbonyl (C=O) groups excluding carboxylic acids is 3. The predicted molar refractivity (Wildman–Crippen MR) is 119 cm³/mol. The van der Waals surface area contributed by atoms with Crippen molar-refractivity contribution in [1.82, 2.24) is 14.9 Å². The molecule has 0 aliphatic heterocycles. The zero-order valence-corrected chi connectivity index (χ0v) is 18.5. The Labute approximate surface area is 181 Å². The van der Waals surface area contributed by atoms with Crippen molar-refractivity contribution in [3.8, 4) is 0 Å². The van der Waals surface area contributed by atoms with Gasteiger partial charge in [0.2, 0.25) is 11.7 Å². The summed E-state index contributed by atoms with van der Waals surface area (Å²) in [5.74, 6) is -1.22. The molecule has 0 fully saturated rings. The van der Waals surface area contributed by atoms with Crippen LogP contribution < -0.4 is 5.32 Å². The number of nitrogens with zero attached hydrogens (tertiary/aromatic N) is 1. The average Bonchev–Trinajstić information content (AvgIpc) is 3.27. The van der Waals surface area contributed by atoms with E-state index in [2.05, 4.69) is 21.8 Å². The van der Waals surface area contributed by atoms with E-state index in [1.165, 1.54) is 6.92 Å². The van der Waals surface area contributed by atoms with Gasteiger partial charge in [-0.3, -0.25) is 9.59 Å². The molecule has 2 aromatic heterocycles. The normalized spacial score (nSPS) is 12.0. The highest BCUT2D eigenvalue weighted by molar-refractivity contribution is 5.99. The Morgan fingerprint density at radius 2 is 1.94 bits per heavy atom. The van der Waals surface area contributed by atoms with Crippen LogP contribution in [0.4, 0.5) is 0 Å². The maximum atomic E-state index is 12.7. The fourth-order valence-electron chi connectivity index (χ4n) is 3.93. The number of rotatable bonds is 9. The minimum atomic E-state index is -0.878. The molecule has 7 heteroatoms. The Hall–Kier alpha value is -3.35. The molecule has 3 aromatic rings. The van der Waals surface area contributed by atoms with Crippen molar-refractivity contribution in [2.45, 2.75) is 53.1 Å². The molecule has 0 saturated heterocycles. The smallest absolute Gasteiger partial charge is 0.329 e. The monoisotopic (exact) mass is 423 g/mol. The molecule has 0 saturated carbocycles. The molecule has 1 amide bonds. The fraction of sp³-hybridized carbons (Fsp3) is 0.375. The molecule has 0 aliphatic carbocycles. The number of esters is 1. The fourth-order valence-corrected chi connectivity index (χ4v) is 3.93. The first kappa shape index (κ1) is 22.3. The van der Waals surface area contributed by atoms with E-state index in [1.807, 2.05) is 50.4 Å². The number of hydrogen-bond donors (Lipinski definition) is 2. The maximum absolute atomic E-state index is 12.7. The molecule has 3 rings (SSSR count). The number of aryl methyl sites for hydroxylation is 1. The van der Waals surface area contributed by atoms with Crippen LogP contribution in [0.5, 0.6) is 0 Å². The molecule has 7 nitrogen and oxygen atoms in total. The number of para-hydroxylation sites is 1.